The summed E-state index contributed by atoms with van der Waals surface area (Å²) in [6, 6.07) is 4.44. The first-order valence-corrected chi connectivity index (χ1v) is 7.30. The molecule has 0 radical (unpaired) electrons. The van der Waals surface area contributed by atoms with Crippen LogP contribution in [0.1, 0.15) is 30.1 Å². The van der Waals surface area contributed by atoms with Gasteiger partial charge in [-0.1, -0.05) is 6.92 Å². The summed E-state index contributed by atoms with van der Waals surface area (Å²) in [5.74, 6) is -0.0202. The number of benzene rings is 1. The number of nitrogens with zero attached hydrogens (tertiary/aromatic N) is 1. The molecular weight excluding hydrogens is 311 g/mol. The summed E-state index contributed by atoms with van der Waals surface area (Å²) in [5, 5.41) is 0. The summed E-state index contributed by atoms with van der Waals surface area (Å²) in [7, 11) is 0. The van der Waals surface area contributed by atoms with Crippen molar-refractivity contribution in [2.24, 2.45) is 11.7 Å². The summed E-state index contributed by atoms with van der Waals surface area (Å²) in [5.41, 5.74) is 6.29. The third kappa shape index (κ3) is 2.98. The molecular formula is C14H18BrFN2O. The molecule has 0 aromatic heterocycles. The molecule has 1 aromatic carbocycles. The lowest BCUT2D eigenvalue weighted by Crippen LogP contribution is -2.51. The Bertz CT molecular complexity index is 481. The van der Waals surface area contributed by atoms with Crippen LogP contribution in [-0.4, -0.2) is 29.9 Å². The van der Waals surface area contributed by atoms with Gasteiger partial charge in [0.25, 0.3) is 5.91 Å². The molecule has 1 amide bonds. The van der Waals surface area contributed by atoms with E-state index in [0.717, 1.165) is 19.4 Å². The fraction of sp³-hybridized carbons (Fsp3) is 0.500. The van der Waals surface area contributed by atoms with Gasteiger partial charge in [0.05, 0.1) is 4.47 Å². The molecule has 2 rings (SSSR count). The van der Waals surface area contributed by atoms with Gasteiger partial charge >= 0.3 is 0 Å². The van der Waals surface area contributed by atoms with Crippen molar-refractivity contribution in [3.05, 3.63) is 34.1 Å². The number of piperidine rings is 1. The van der Waals surface area contributed by atoms with Crippen LogP contribution < -0.4 is 5.73 Å². The van der Waals surface area contributed by atoms with E-state index in [2.05, 4.69) is 22.9 Å². The zero-order chi connectivity index (χ0) is 14.0. The van der Waals surface area contributed by atoms with E-state index in [0.29, 0.717) is 22.5 Å². The number of halogens is 2. The van der Waals surface area contributed by atoms with E-state index in [1.165, 1.54) is 18.2 Å². The second-order valence-corrected chi connectivity index (χ2v) is 5.90. The van der Waals surface area contributed by atoms with Crippen LogP contribution in [0.2, 0.25) is 0 Å². The summed E-state index contributed by atoms with van der Waals surface area (Å²) < 4.78 is 13.5. The number of hydrogen-bond donors (Lipinski definition) is 1. The zero-order valence-corrected chi connectivity index (χ0v) is 12.5. The molecule has 3 nitrogen and oxygen atoms in total. The SMILES string of the molecule is CC1CCCN(C(=O)c2ccc(F)c(Br)c2)C1CN. The largest absolute Gasteiger partial charge is 0.334 e. The van der Waals surface area contributed by atoms with Crippen molar-refractivity contribution >= 4 is 21.8 Å². The maximum absolute atomic E-state index is 13.2. The first-order chi connectivity index (χ1) is 9.04. The van der Waals surface area contributed by atoms with Crippen molar-refractivity contribution in [3.63, 3.8) is 0 Å². The molecule has 1 aromatic rings. The predicted octanol–water partition coefficient (Wildman–Crippen LogP) is 2.79. The minimum Gasteiger partial charge on any atom is -0.334 e. The fourth-order valence-corrected chi connectivity index (χ4v) is 3.03. The highest BCUT2D eigenvalue weighted by Gasteiger charge is 2.31. The number of carbonyl (C=O) groups is 1. The Labute approximate surface area is 121 Å². The van der Waals surface area contributed by atoms with Crippen LogP contribution in [0.4, 0.5) is 4.39 Å². The van der Waals surface area contributed by atoms with Crippen LogP contribution in [0, 0.1) is 11.7 Å². The van der Waals surface area contributed by atoms with E-state index in [1.54, 1.807) is 0 Å². The highest BCUT2D eigenvalue weighted by atomic mass is 79.9. The molecule has 1 aliphatic heterocycles. The molecule has 5 heteroatoms. The Morgan fingerprint density at radius 3 is 2.95 bits per heavy atom. The molecule has 2 unspecified atom stereocenters. The highest BCUT2D eigenvalue weighted by Crippen LogP contribution is 2.25. The van der Waals surface area contributed by atoms with Gasteiger partial charge in [-0.15, -0.1) is 0 Å². The molecule has 1 fully saturated rings. The lowest BCUT2D eigenvalue weighted by Gasteiger charge is -2.39. The molecule has 1 heterocycles. The van der Waals surface area contributed by atoms with Gasteiger partial charge in [0.1, 0.15) is 5.82 Å². The normalized spacial score (nSPS) is 23.5. The van der Waals surface area contributed by atoms with Gasteiger partial charge in [-0.25, -0.2) is 4.39 Å². The quantitative estimate of drug-likeness (QED) is 0.907. The average molecular weight is 329 g/mol. The molecule has 0 aliphatic carbocycles. The Balaban J connectivity index is 2.24. The zero-order valence-electron chi connectivity index (χ0n) is 10.9. The Morgan fingerprint density at radius 2 is 2.32 bits per heavy atom. The van der Waals surface area contributed by atoms with Crippen molar-refractivity contribution in [1.29, 1.82) is 0 Å². The summed E-state index contributed by atoms with van der Waals surface area (Å²) in [4.78, 5) is 14.3. The van der Waals surface area contributed by atoms with Crippen molar-refractivity contribution in [1.82, 2.24) is 4.90 Å². The molecule has 104 valence electrons. The molecule has 0 saturated carbocycles. The van der Waals surface area contributed by atoms with Gasteiger partial charge in [-0.3, -0.25) is 4.79 Å². The van der Waals surface area contributed by atoms with Crippen LogP contribution in [0.5, 0.6) is 0 Å². The molecule has 1 saturated heterocycles. The lowest BCUT2D eigenvalue weighted by atomic mass is 9.90. The first-order valence-electron chi connectivity index (χ1n) is 6.50. The number of carbonyl (C=O) groups excluding carboxylic acids is 1. The number of likely N-dealkylation sites (tertiary alicyclic amines) is 1. The van der Waals surface area contributed by atoms with Gasteiger partial charge in [-0.2, -0.15) is 0 Å². The van der Waals surface area contributed by atoms with Crippen LogP contribution >= 0.6 is 15.9 Å². The Kier molecular flexibility index (Phi) is 4.58. The first kappa shape index (κ1) is 14.5. The Morgan fingerprint density at radius 1 is 1.58 bits per heavy atom. The topological polar surface area (TPSA) is 46.3 Å². The molecule has 2 N–H and O–H groups in total. The van der Waals surface area contributed by atoms with Gasteiger partial charge in [0, 0.05) is 24.7 Å². The maximum atomic E-state index is 13.2. The molecule has 19 heavy (non-hydrogen) atoms. The van der Waals surface area contributed by atoms with Crippen molar-refractivity contribution in [3.8, 4) is 0 Å². The van der Waals surface area contributed by atoms with Crippen LogP contribution in [0.15, 0.2) is 22.7 Å². The predicted molar refractivity (Wildman–Crippen MR) is 76.4 cm³/mol. The molecule has 2 atom stereocenters. The van der Waals surface area contributed by atoms with E-state index in [1.807, 2.05) is 4.90 Å². The fourth-order valence-electron chi connectivity index (χ4n) is 2.66. The molecule has 0 bridgehead atoms. The van der Waals surface area contributed by atoms with Crippen molar-refractivity contribution < 1.29 is 9.18 Å². The monoisotopic (exact) mass is 328 g/mol. The number of amides is 1. The average Bonchev–Trinajstić information content (AvgIpc) is 2.40. The standard InChI is InChI=1S/C14H18BrFN2O/c1-9-3-2-6-18(13(9)8-17)14(19)10-4-5-12(16)11(15)7-10/h4-5,7,9,13H,2-3,6,8,17H2,1H3. The van der Waals surface area contributed by atoms with E-state index in [4.69, 9.17) is 5.73 Å². The van der Waals surface area contributed by atoms with E-state index < -0.39 is 0 Å². The van der Waals surface area contributed by atoms with E-state index >= 15 is 0 Å². The van der Waals surface area contributed by atoms with Crippen LogP contribution in [-0.2, 0) is 0 Å². The van der Waals surface area contributed by atoms with Crippen LogP contribution in [0.3, 0.4) is 0 Å². The van der Waals surface area contributed by atoms with Gasteiger partial charge in [-0.05, 0) is 52.9 Å². The van der Waals surface area contributed by atoms with E-state index in [9.17, 15) is 9.18 Å². The lowest BCUT2D eigenvalue weighted by molar-refractivity contribution is 0.0532. The van der Waals surface area contributed by atoms with Crippen molar-refractivity contribution in [2.45, 2.75) is 25.8 Å². The second kappa shape index (κ2) is 6.01. The molecule has 0 spiro atoms. The number of hydrogen-bond acceptors (Lipinski definition) is 2. The van der Waals surface area contributed by atoms with E-state index in [-0.39, 0.29) is 17.8 Å². The highest BCUT2D eigenvalue weighted by molar-refractivity contribution is 9.10. The second-order valence-electron chi connectivity index (χ2n) is 5.05. The summed E-state index contributed by atoms with van der Waals surface area (Å²) in [6.45, 7) is 3.31. The minimum absolute atomic E-state index is 0.0669. The smallest absolute Gasteiger partial charge is 0.254 e. The third-order valence-electron chi connectivity index (χ3n) is 3.78. The number of rotatable bonds is 2. The van der Waals surface area contributed by atoms with Gasteiger partial charge in [0.15, 0.2) is 0 Å². The van der Waals surface area contributed by atoms with Crippen molar-refractivity contribution in [2.75, 3.05) is 13.1 Å². The Hall–Kier alpha value is -0.940. The third-order valence-corrected chi connectivity index (χ3v) is 4.39. The van der Waals surface area contributed by atoms with Crippen LogP contribution in [0.25, 0.3) is 0 Å². The van der Waals surface area contributed by atoms with Gasteiger partial charge in [0.2, 0.25) is 0 Å². The summed E-state index contributed by atoms with van der Waals surface area (Å²) >= 11 is 3.11. The minimum atomic E-state index is -0.362. The maximum Gasteiger partial charge on any atom is 0.254 e. The number of nitrogens with two attached hydrogens (primary N) is 1. The summed E-state index contributed by atoms with van der Waals surface area (Å²) in [6.07, 6.45) is 2.09. The molecule has 1 aliphatic rings. The van der Waals surface area contributed by atoms with Gasteiger partial charge < -0.3 is 10.6 Å².